The second-order valence-electron chi connectivity index (χ2n) is 7.39. The molecule has 0 radical (unpaired) electrons. The first-order valence-corrected chi connectivity index (χ1v) is 9.03. The molecule has 2 fully saturated rings. The van der Waals surface area contributed by atoms with Crippen molar-refractivity contribution in [3.8, 4) is 11.3 Å². The SMILES string of the molecule is CCn1cc(-c2nn(C)cc2C(=O)N2C[C@@H]3CCC[C@@]3(C(=O)O)C2)cn1. The Morgan fingerprint density at radius 1 is 1.38 bits per heavy atom. The molecule has 138 valence electrons. The maximum atomic E-state index is 13.2. The van der Waals surface area contributed by atoms with Crippen molar-refractivity contribution >= 4 is 11.9 Å². The van der Waals surface area contributed by atoms with Crippen molar-refractivity contribution in [2.45, 2.75) is 32.7 Å². The Hall–Kier alpha value is -2.64. The third kappa shape index (κ3) is 2.43. The number of fused-ring (bicyclic) bond motifs is 1. The summed E-state index contributed by atoms with van der Waals surface area (Å²) in [6.45, 7) is 3.53. The van der Waals surface area contributed by atoms with Gasteiger partial charge in [-0.05, 0) is 25.7 Å². The van der Waals surface area contributed by atoms with Gasteiger partial charge in [0.25, 0.3) is 5.91 Å². The van der Waals surface area contributed by atoms with Crippen molar-refractivity contribution in [3.63, 3.8) is 0 Å². The van der Waals surface area contributed by atoms with E-state index >= 15 is 0 Å². The number of aromatic nitrogens is 4. The summed E-state index contributed by atoms with van der Waals surface area (Å²) in [6.07, 6.45) is 7.74. The fourth-order valence-electron chi connectivity index (χ4n) is 4.48. The molecule has 1 amide bonds. The summed E-state index contributed by atoms with van der Waals surface area (Å²) in [6, 6.07) is 0. The number of carboxylic acids is 1. The number of hydrogen-bond donors (Lipinski definition) is 1. The van der Waals surface area contributed by atoms with Crippen molar-refractivity contribution in [2.75, 3.05) is 13.1 Å². The van der Waals surface area contributed by atoms with E-state index in [1.807, 2.05) is 13.1 Å². The summed E-state index contributed by atoms with van der Waals surface area (Å²) in [5.41, 5.74) is 1.12. The summed E-state index contributed by atoms with van der Waals surface area (Å²) in [5, 5.41) is 18.5. The number of nitrogens with zero attached hydrogens (tertiary/aromatic N) is 5. The molecule has 8 nitrogen and oxygen atoms in total. The first-order valence-electron chi connectivity index (χ1n) is 9.03. The highest BCUT2D eigenvalue weighted by atomic mass is 16.4. The van der Waals surface area contributed by atoms with Gasteiger partial charge in [0.05, 0.1) is 17.2 Å². The Balaban J connectivity index is 1.65. The number of aliphatic carboxylic acids is 1. The van der Waals surface area contributed by atoms with Crippen LogP contribution in [0.15, 0.2) is 18.6 Å². The van der Waals surface area contributed by atoms with Gasteiger partial charge in [-0.1, -0.05) is 6.42 Å². The van der Waals surface area contributed by atoms with Crippen LogP contribution < -0.4 is 0 Å². The normalized spacial score (nSPS) is 24.8. The third-order valence-corrected chi connectivity index (χ3v) is 5.87. The van der Waals surface area contributed by atoms with Crippen LogP contribution in [0.5, 0.6) is 0 Å². The van der Waals surface area contributed by atoms with E-state index in [9.17, 15) is 14.7 Å². The van der Waals surface area contributed by atoms with Gasteiger partial charge < -0.3 is 10.0 Å². The number of hydrogen-bond acceptors (Lipinski definition) is 4. The Labute approximate surface area is 151 Å². The van der Waals surface area contributed by atoms with E-state index in [-0.39, 0.29) is 18.4 Å². The van der Waals surface area contributed by atoms with E-state index < -0.39 is 11.4 Å². The molecule has 1 aliphatic carbocycles. The summed E-state index contributed by atoms with van der Waals surface area (Å²) >= 11 is 0. The Morgan fingerprint density at radius 2 is 2.19 bits per heavy atom. The van der Waals surface area contributed by atoms with Gasteiger partial charge in [0.1, 0.15) is 5.69 Å². The van der Waals surface area contributed by atoms with Crippen LogP contribution in [0.4, 0.5) is 0 Å². The lowest BCUT2D eigenvalue weighted by atomic mass is 9.81. The van der Waals surface area contributed by atoms with Gasteiger partial charge in [-0.2, -0.15) is 10.2 Å². The third-order valence-electron chi connectivity index (χ3n) is 5.87. The van der Waals surface area contributed by atoms with Gasteiger partial charge in [-0.25, -0.2) is 0 Å². The number of carbonyl (C=O) groups is 2. The maximum absolute atomic E-state index is 13.2. The van der Waals surface area contributed by atoms with Crippen LogP contribution in [-0.2, 0) is 18.4 Å². The van der Waals surface area contributed by atoms with Crippen LogP contribution in [0, 0.1) is 11.3 Å². The van der Waals surface area contributed by atoms with Crippen molar-refractivity contribution < 1.29 is 14.7 Å². The largest absolute Gasteiger partial charge is 0.481 e. The van der Waals surface area contributed by atoms with Gasteiger partial charge >= 0.3 is 5.97 Å². The van der Waals surface area contributed by atoms with E-state index in [0.717, 1.165) is 24.9 Å². The summed E-state index contributed by atoms with van der Waals surface area (Å²) in [4.78, 5) is 26.7. The lowest BCUT2D eigenvalue weighted by Gasteiger charge is -2.23. The number of carboxylic acid groups (broad SMARTS) is 1. The van der Waals surface area contributed by atoms with Crippen LogP contribution >= 0.6 is 0 Å². The van der Waals surface area contributed by atoms with Crippen LogP contribution in [0.1, 0.15) is 36.5 Å². The Morgan fingerprint density at radius 3 is 2.85 bits per heavy atom. The second kappa shape index (κ2) is 5.96. The molecule has 0 bridgehead atoms. The Bertz CT molecular complexity index is 870. The van der Waals surface area contributed by atoms with Gasteiger partial charge in [0, 0.05) is 44.6 Å². The zero-order valence-corrected chi connectivity index (χ0v) is 15.1. The quantitative estimate of drug-likeness (QED) is 0.898. The van der Waals surface area contributed by atoms with E-state index in [0.29, 0.717) is 24.2 Å². The Kier molecular flexibility index (Phi) is 3.86. The lowest BCUT2D eigenvalue weighted by molar-refractivity contribution is -0.149. The summed E-state index contributed by atoms with van der Waals surface area (Å²) < 4.78 is 3.41. The highest BCUT2D eigenvalue weighted by molar-refractivity contribution is 6.00. The molecule has 2 aliphatic rings. The number of carbonyl (C=O) groups excluding carboxylic acids is 1. The van der Waals surface area contributed by atoms with Crippen LogP contribution in [0.25, 0.3) is 11.3 Å². The smallest absolute Gasteiger partial charge is 0.311 e. The summed E-state index contributed by atoms with van der Waals surface area (Å²) in [5.74, 6) is -0.870. The predicted octanol–water partition coefficient (Wildman–Crippen LogP) is 1.63. The number of amides is 1. The highest BCUT2D eigenvalue weighted by Crippen LogP contribution is 2.49. The van der Waals surface area contributed by atoms with Gasteiger partial charge in [-0.15, -0.1) is 0 Å². The van der Waals surface area contributed by atoms with Crippen LogP contribution in [0.2, 0.25) is 0 Å². The minimum Gasteiger partial charge on any atom is -0.481 e. The standard InChI is InChI=1S/C18H23N5O3/c1-3-23-8-12(7-19-23)15-14(10-21(2)20-15)16(24)22-9-13-5-4-6-18(13,11-22)17(25)26/h7-8,10,13H,3-6,9,11H2,1-2H3,(H,25,26)/t13-,18+/m0/s1. The molecule has 26 heavy (non-hydrogen) atoms. The zero-order valence-electron chi connectivity index (χ0n) is 15.1. The molecule has 1 N–H and O–H groups in total. The minimum atomic E-state index is -0.773. The van der Waals surface area contributed by atoms with E-state index in [2.05, 4.69) is 10.2 Å². The second-order valence-corrected chi connectivity index (χ2v) is 7.39. The molecular weight excluding hydrogens is 334 g/mol. The van der Waals surface area contributed by atoms with Gasteiger partial charge in [-0.3, -0.25) is 19.0 Å². The minimum absolute atomic E-state index is 0.0481. The first kappa shape index (κ1) is 16.8. The van der Waals surface area contributed by atoms with E-state index in [4.69, 9.17) is 0 Å². The molecule has 0 unspecified atom stereocenters. The lowest BCUT2D eigenvalue weighted by Crippen LogP contribution is -2.37. The highest BCUT2D eigenvalue weighted by Gasteiger charge is 2.56. The van der Waals surface area contributed by atoms with Crippen molar-refractivity contribution in [3.05, 3.63) is 24.2 Å². The number of rotatable bonds is 4. The predicted molar refractivity (Wildman–Crippen MR) is 93.4 cm³/mol. The fourth-order valence-corrected chi connectivity index (χ4v) is 4.48. The monoisotopic (exact) mass is 357 g/mol. The molecule has 0 aromatic carbocycles. The maximum Gasteiger partial charge on any atom is 0.311 e. The van der Waals surface area contributed by atoms with Crippen LogP contribution in [-0.4, -0.2) is 54.5 Å². The van der Waals surface area contributed by atoms with Crippen molar-refractivity contribution in [1.82, 2.24) is 24.5 Å². The van der Waals surface area contributed by atoms with Crippen molar-refractivity contribution in [2.24, 2.45) is 18.4 Å². The molecule has 4 rings (SSSR count). The molecule has 3 heterocycles. The van der Waals surface area contributed by atoms with E-state index in [1.54, 1.807) is 33.7 Å². The summed E-state index contributed by atoms with van der Waals surface area (Å²) in [7, 11) is 1.78. The molecule has 8 heteroatoms. The number of likely N-dealkylation sites (tertiary alicyclic amines) is 1. The molecule has 1 saturated carbocycles. The zero-order chi connectivity index (χ0) is 18.5. The van der Waals surface area contributed by atoms with Crippen molar-refractivity contribution in [1.29, 1.82) is 0 Å². The topological polar surface area (TPSA) is 93.2 Å². The van der Waals surface area contributed by atoms with E-state index in [1.165, 1.54) is 0 Å². The number of aryl methyl sites for hydroxylation is 2. The van der Waals surface area contributed by atoms with Crippen LogP contribution in [0.3, 0.4) is 0 Å². The molecule has 0 spiro atoms. The molecule has 2 aromatic rings. The molecule has 2 aromatic heterocycles. The average molecular weight is 357 g/mol. The van der Waals surface area contributed by atoms with Gasteiger partial charge in [0.15, 0.2) is 0 Å². The molecule has 1 saturated heterocycles. The first-order chi connectivity index (χ1) is 12.4. The molecule has 2 atom stereocenters. The average Bonchev–Trinajstić information content (AvgIpc) is 3.35. The molecule has 1 aliphatic heterocycles. The molecular formula is C18H23N5O3. The van der Waals surface area contributed by atoms with Gasteiger partial charge in [0.2, 0.25) is 0 Å². The fraction of sp³-hybridized carbons (Fsp3) is 0.556.